The number of imidazole rings is 1. The van der Waals surface area contributed by atoms with E-state index in [1.165, 1.54) is 0 Å². The summed E-state index contributed by atoms with van der Waals surface area (Å²) in [4.78, 5) is 16.1. The molecule has 1 aliphatic heterocycles. The van der Waals surface area contributed by atoms with Crippen LogP contribution in [0.3, 0.4) is 0 Å². The van der Waals surface area contributed by atoms with E-state index in [-0.39, 0.29) is 0 Å². The van der Waals surface area contributed by atoms with E-state index < -0.39 is 5.97 Å². The van der Waals surface area contributed by atoms with Crippen molar-refractivity contribution in [3.05, 3.63) is 40.3 Å². The molecule has 0 unspecified atom stereocenters. The molecule has 1 aliphatic rings. The Kier molecular flexibility index (Phi) is 3.14. The number of aryl methyl sites for hydroxylation is 1. The number of aromatic carboxylic acids is 1. The number of halogens is 1. The predicted molar refractivity (Wildman–Crippen MR) is 75.3 cm³/mol. The average molecular weight is 321 g/mol. The van der Waals surface area contributed by atoms with Crippen LogP contribution in [0, 0.1) is 0 Å². The molecule has 98 valence electrons. The number of carbonyl (C=O) groups is 1. The quantitative estimate of drug-likeness (QED) is 0.923. The molecule has 2 aromatic rings. The van der Waals surface area contributed by atoms with Gasteiger partial charge in [-0.3, -0.25) is 0 Å². The van der Waals surface area contributed by atoms with Crippen LogP contribution < -0.4 is 0 Å². The van der Waals surface area contributed by atoms with Crippen LogP contribution in [0.15, 0.2) is 28.7 Å². The van der Waals surface area contributed by atoms with Crippen LogP contribution >= 0.6 is 15.9 Å². The number of nitrogens with zero attached hydrogens (tertiary/aromatic N) is 2. The van der Waals surface area contributed by atoms with Gasteiger partial charge in [0.25, 0.3) is 0 Å². The zero-order chi connectivity index (χ0) is 13.4. The van der Waals surface area contributed by atoms with E-state index in [1.54, 1.807) is 0 Å². The van der Waals surface area contributed by atoms with E-state index in [0.29, 0.717) is 11.4 Å². The summed E-state index contributed by atoms with van der Waals surface area (Å²) in [5.74, 6) is -0.0138. The van der Waals surface area contributed by atoms with E-state index in [2.05, 4.69) is 20.9 Å². The van der Waals surface area contributed by atoms with E-state index >= 15 is 0 Å². The molecule has 0 fully saturated rings. The molecule has 1 aromatic carbocycles. The third-order valence-electron chi connectivity index (χ3n) is 3.40. The number of carboxylic acid groups (broad SMARTS) is 1. The van der Waals surface area contributed by atoms with Gasteiger partial charge in [0, 0.05) is 23.0 Å². The fraction of sp³-hybridized carbons (Fsp3) is 0.286. The van der Waals surface area contributed by atoms with Crippen LogP contribution in [-0.4, -0.2) is 20.6 Å². The highest BCUT2D eigenvalue weighted by molar-refractivity contribution is 9.10. The summed E-state index contributed by atoms with van der Waals surface area (Å²) in [5, 5.41) is 9.46. The summed E-state index contributed by atoms with van der Waals surface area (Å²) in [7, 11) is 0. The first-order valence-corrected chi connectivity index (χ1v) is 7.05. The van der Waals surface area contributed by atoms with Crippen molar-refractivity contribution < 1.29 is 9.90 Å². The van der Waals surface area contributed by atoms with Crippen molar-refractivity contribution in [3.63, 3.8) is 0 Å². The van der Waals surface area contributed by atoms with Gasteiger partial charge in [0.2, 0.25) is 0 Å². The largest absolute Gasteiger partial charge is 0.477 e. The number of fused-ring (bicyclic) bond motifs is 1. The lowest BCUT2D eigenvalue weighted by atomic mass is 10.1. The molecular weight excluding hydrogens is 308 g/mol. The number of carboxylic acids is 1. The molecule has 0 radical (unpaired) electrons. The number of rotatable bonds is 2. The molecule has 0 amide bonds. The third-order valence-corrected chi connectivity index (χ3v) is 3.93. The highest BCUT2D eigenvalue weighted by Crippen LogP contribution is 2.28. The van der Waals surface area contributed by atoms with Gasteiger partial charge in [-0.05, 0) is 25.0 Å². The standard InChI is InChI=1S/C14H13BrN2O2/c15-10-6-4-9(5-7-10)12-13(14(18)19)17-8-2-1-3-11(17)16-12/h4-7H,1-3,8H2,(H,18,19). The molecule has 19 heavy (non-hydrogen) atoms. The Balaban J connectivity index is 2.17. The first-order chi connectivity index (χ1) is 9.16. The Morgan fingerprint density at radius 1 is 1.26 bits per heavy atom. The van der Waals surface area contributed by atoms with Crippen molar-refractivity contribution in [1.29, 1.82) is 0 Å². The first-order valence-electron chi connectivity index (χ1n) is 6.25. The molecule has 0 bridgehead atoms. The summed E-state index contributed by atoms with van der Waals surface area (Å²) >= 11 is 3.38. The van der Waals surface area contributed by atoms with Crippen LogP contribution in [0.4, 0.5) is 0 Å². The monoisotopic (exact) mass is 320 g/mol. The van der Waals surface area contributed by atoms with Crippen LogP contribution in [0.2, 0.25) is 0 Å². The zero-order valence-electron chi connectivity index (χ0n) is 10.3. The molecule has 0 saturated heterocycles. The number of hydrogen-bond donors (Lipinski definition) is 1. The molecule has 4 nitrogen and oxygen atoms in total. The van der Waals surface area contributed by atoms with Gasteiger partial charge in [0.15, 0.2) is 5.69 Å². The lowest BCUT2D eigenvalue weighted by Crippen LogP contribution is -2.16. The first kappa shape index (κ1) is 12.4. The zero-order valence-corrected chi connectivity index (χ0v) is 11.9. The minimum atomic E-state index is -0.904. The van der Waals surface area contributed by atoms with Gasteiger partial charge in [-0.25, -0.2) is 9.78 Å². The molecule has 1 aromatic heterocycles. The van der Waals surface area contributed by atoms with Crippen LogP contribution in [0.1, 0.15) is 29.2 Å². The Labute approximate surface area is 119 Å². The van der Waals surface area contributed by atoms with Gasteiger partial charge in [-0.1, -0.05) is 28.1 Å². The molecule has 2 heterocycles. The van der Waals surface area contributed by atoms with Gasteiger partial charge in [-0.15, -0.1) is 0 Å². The fourth-order valence-electron chi connectivity index (χ4n) is 2.51. The lowest BCUT2D eigenvalue weighted by molar-refractivity contribution is 0.0684. The van der Waals surface area contributed by atoms with Gasteiger partial charge >= 0.3 is 5.97 Å². The smallest absolute Gasteiger partial charge is 0.354 e. The second-order valence-electron chi connectivity index (χ2n) is 4.65. The van der Waals surface area contributed by atoms with E-state index in [9.17, 15) is 9.90 Å². The molecule has 5 heteroatoms. The second kappa shape index (κ2) is 4.81. The van der Waals surface area contributed by atoms with E-state index in [0.717, 1.165) is 41.7 Å². The Hall–Kier alpha value is -1.62. The van der Waals surface area contributed by atoms with Crippen molar-refractivity contribution in [1.82, 2.24) is 9.55 Å². The molecule has 0 saturated carbocycles. The van der Waals surface area contributed by atoms with Gasteiger partial charge in [-0.2, -0.15) is 0 Å². The summed E-state index contributed by atoms with van der Waals surface area (Å²) < 4.78 is 2.82. The maximum Gasteiger partial charge on any atom is 0.354 e. The minimum absolute atomic E-state index is 0.317. The maximum absolute atomic E-state index is 11.5. The highest BCUT2D eigenvalue weighted by atomic mass is 79.9. The Bertz CT molecular complexity index is 632. The number of benzene rings is 1. The molecular formula is C14H13BrN2O2. The SMILES string of the molecule is O=C(O)c1c(-c2ccc(Br)cc2)nc2n1CCCC2. The third kappa shape index (κ3) is 2.18. The van der Waals surface area contributed by atoms with E-state index in [4.69, 9.17) is 0 Å². The topological polar surface area (TPSA) is 55.1 Å². The summed E-state index contributed by atoms with van der Waals surface area (Å²) in [5.41, 5.74) is 1.75. The van der Waals surface area contributed by atoms with E-state index in [1.807, 2.05) is 28.8 Å². The lowest BCUT2D eigenvalue weighted by Gasteiger charge is -2.14. The van der Waals surface area contributed by atoms with Crippen molar-refractivity contribution in [2.45, 2.75) is 25.8 Å². The predicted octanol–water partition coefficient (Wildman–Crippen LogP) is 3.35. The second-order valence-corrected chi connectivity index (χ2v) is 5.56. The van der Waals surface area contributed by atoms with Crippen molar-refractivity contribution in [2.75, 3.05) is 0 Å². The highest BCUT2D eigenvalue weighted by Gasteiger charge is 2.24. The number of hydrogen-bond acceptors (Lipinski definition) is 2. The van der Waals surface area contributed by atoms with Crippen molar-refractivity contribution in [2.24, 2.45) is 0 Å². The Morgan fingerprint density at radius 3 is 2.68 bits per heavy atom. The minimum Gasteiger partial charge on any atom is -0.477 e. The van der Waals surface area contributed by atoms with Gasteiger partial charge in [0.1, 0.15) is 11.5 Å². The van der Waals surface area contributed by atoms with Crippen LogP contribution in [0.5, 0.6) is 0 Å². The average Bonchev–Trinajstić information content (AvgIpc) is 2.78. The van der Waals surface area contributed by atoms with Crippen molar-refractivity contribution in [3.8, 4) is 11.3 Å². The van der Waals surface area contributed by atoms with Gasteiger partial charge in [0.05, 0.1) is 0 Å². The van der Waals surface area contributed by atoms with Crippen molar-refractivity contribution >= 4 is 21.9 Å². The van der Waals surface area contributed by atoms with Crippen LogP contribution in [0.25, 0.3) is 11.3 Å². The Morgan fingerprint density at radius 2 is 2.00 bits per heavy atom. The summed E-state index contributed by atoms with van der Waals surface area (Å²) in [6.45, 7) is 0.750. The van der Waals surface area contributed by atoms with Gasteiger partial charge < -0.3 is 9.67 Å². The number of aromatic nitrogens is 2. The normalized spacial score (nSPS) is 14.2. The summed E-state index contributed by atoms with van der Waals surface area (Å²) in [6, 6.07) is 7.59. The summed E-state index contributed by atoms with van der Waals surface area (Å²) in [6.07, 6.45) is 2.95. The molecule has 0 aliphatic carbocycles. The van der Waals surface area contributed by atoms with Crippen LogP contribution in [-0.2, 0) is 13.0 Å². The fourth-order valence-corrected chi connectivity index (χ4v) is 2.77. The maximum atomic E-state index is 11.5. The molecule has 1 N–H and O–H groups in total. The molecule has 3 rings (SSSR count). The molecule has 0 atom stereocenters. The molecule has 0 spiro atoms.